The first-order valence-electron chi connectivity index (χ1n) is 5.83. The van der Waals surface area contributed by atoms with E-state index in [1.54, 1.807) is 12.1 Å². The fourth-order valence-corrected chi connectivity index (χ4v) is 3.34. The van der Waals surface area contributed by atoms with Crippen molar-refractivity contribution in [3.63, 3.8) is 0 Å². The summed E-state index contributed by atoms with van der Waals surface area (Å²) in [6, 6.07) is 4.17. The first-order chi connectivity index (χ1) is 8.40. The second-order valence-electron chi connectivity index (χ2n) is 4.53. The lowest BCUT2D eigenvalue weighted by molar-refractivity contribution is -0.119. The van der Waals surface area contributed by atoms with Crippen molar-refractivity contribution in [2.45, 2.75) is 37.1 Å². The van der Waals surface area contributed by atoms with Gasteiger partial charge < -0.3 is 5.73 Å². The van der Waals surface area contributed by atoms with E-state index in [4.69, 9.17) is 5.73 Å². The zero-order chi connectivity index (χ0) is 13.3. The zero-order valence-corrected chi connectivity index (χ0v) is 11.0. The second-order valence-corrected chi connectivity index (χ2v) is 6.24. The monoisotopic (exact) mass is 268 g/mol. The number of aryl methyl sites for hydroxylation is 2. The van der Waals surface area contributed by atoms with Gasteiger partial charge in [0.2, 0.25) is 15.9 Å². The SMILES string of the molecule is CC(NS(=O)(=O)c1ccc2c(c1)CCC2)C(N)=O. The lowest BCUT2D eigenvalue weighted by Crippen LogP contribution is -2.42. The molecule has 0 aromatic heterocycles. The quantitative estimate of drug-likeness (QED) is 0.824. The molecule has 0 aliphatic heterocycles. The van der Waals surface area contributed by atoms with Gasteiger partial charge in [0.25, 0.3) is 0 Å². The van der Waals surface area contributed by atoms with Crippen LogP contribution in [0.2, 0.25) is 0 Å². The average Bonchev–Trinajstić information content (AvgIpc) is 2.74. The van der Waals surface area contributed by atoms with E-state index in [0.717, 1.165) is 24.8 Å². The molecule has 1 aromatic carbocycles. The van der Waals surface area contributed by atoms with Crippen LogP contribution in [0.4, 0.5) is 0 Å². The predicted octanol–water partition coefficient (Wildman–Crippen LogP) is 0.327. The van der Waals surface area contributed by atoms with E-state index in [1.165, 1.54) is 12.5 Å². The van der Waals surface area contributed by atoms with E-state index in [9.17, 15) is 13.2 Å². The summed E-state index contributed by atoms with van der Waals surface area (Å²) >= 11 is 0. The van der Waals surface area contributed by atoms with Gasteiger partial charge >= 0.3 is 0 Å². The second kappa shape index (κ2) is 4.70. The Bertz CT molecular complexity index is 581. The first kappa shape index (κ1) is 13.0. The minimum atomic E-state index is -3.68. The maximum atomic E-state index is 12.0. The van der Waals surface area contributed by atoms with Crippen LogP contribution >= 0.6 is 0 Å². The summed E-state index contributed by atoms with van der Waals surface area (Å²) in [4.78, 5) is 11.1. The summed E-state index contributed by atoms with van der Waals surface area (Å²) in [7, 11) is -3.68. The van der Waals surface area contributed by atoms with Gasteiger partial charge in [-0.3, -0.25) is 4.79 Å². The Morgan fingerprint density at radius 3 is 2.67 bits per heavy atom. The number of benzene rings is 1. The molecule has 0 fully saturated rings. The minimum Gasteiger partial charge on any atom is -0.368 e. The van der Waals surface area contributed by atoms with Crippen LogP contribution in [0.5, 0.6) is 0 Å². The van der Waals surface area contributed by atoms with Gasteiger partial charge in [-0.2, -0.15) is 4.72 Å². The van der Waals surface area contributed by atoms with Gasteiger partial charge in [-0.25, -0.2) is 8.42 Å². The molecule has 6 heteroatoms. The Balaban J connectivity index is 2.28. The van der Waals surface area contributed by atoms with E-state index in [0.29, 0.717) is 0 Å². The Kier molecular flexibility index (Phi) is 3.41. The molecule has 3 N–H and O–H groups in total. The molecular weight excluding hydrogens is 252 g/mol. The highest BCUT2D eigenvalue weighted by molar-refractivity contribution is 7.89. The third-order valence-corrected chi connectivity index (χ3v) is 4.68. The van der Waals surface area contributed by atoms with Crippen molar-refractivity contribution in [2.24, 2.45) is 5.73 Å². The fourth-order valence-electron chi connectivity index (χ4n) is 2.07. The van der Waals surface area contributed by atoms with Crippen LogP contribution in [0, 0.1) is 0 Å². The van der Waals surface area contributed by atoms with Gasteiger partial charge in [0.05, 0.1) is 10.9 Å². The number of fused-ring (bicyclic) bond motifs is 1. The molecule has 0 bridgehead atoms. The number of nitrogens with one attached hydrogen (secondary N) is 1. The number of rotatable bonds is 4. The van der Waals surface area contributed by atoms with Crippen LogP contribution in [0.1, 0.15) is 24.5 Å². The minimum absolute atomic E-state index is 0.191. The van der Waals surface area contributed by atoms with E-state index in [2.05, 4.69) is 4.72 Å². The largest absolute Gasteiger partial charge is 0.368 e. The molecule has 98 valence electrons. The number of hydrogen-bond acceptors (Lipinski definition) is 3. The van der Waals surface area contributed by atoms with Crippen LogP contribution in [-0.4, -0.2) is 20.4 Å². The highest BCUT2D eigenvalue weighted by atomic mass is 32.2. The number of sulfonamides is 1. The zero-order valence-electron chi connectivity index (χ0n) is 10.1. The lowest BCUT2D eigenvalue weighted by Gasteiger charge is -2.11. The highest BCUT2D eigenvalue weighted by Gasteiger charge is 2.22. The van der Waals surface area contributed by atoms with Crippen LogP contribution in [-0.2, 0) is 27.7 Å². The summed E-state index contributed by atoms with van der Waals surface area (Å²) in [6.45, 7) is 1.42. The standard InChI is InChI=1S/C12H16N2O3S/c1-8(12(13)15)14-18(16,17)11-6-5-9-3-2-4-10(9)7-11/h5-8,14H,2-4H2,1H3,(H2,13,15). The van der Waals surface area contributed by atoms with Gasteiger partial charge in [0.1, 0.15) is 0 Å². The normalized spacial score (nSPS) is 16.3. The summed E-state index contributed by atoms with van der Waals surface area (Å²) in [5.74, 6) is -0.695. The number of carbonyl (C=O) groups is 1. The number of nitrogens with two attached hydrogens (primary N) is 1. The molecule has 0 spiro atoms. The molecule has 2 rings (SSSR count). The molecule has 18 heavy (non-hydrogen) atoms. The summed E-state index contributed by atoms with van der Waals surface area (Å²) in [5.41, 5.74) is 7.32. The Morgan fingerprint density at radius 1 is 1.33 bits per heavy atom. The van der Waals surface area contributed by atoms with Crippen molar-refractivity contribution in [2.75, 3.05) is 0 Å². The molecule has 1 aliphatic carbocycles. The van der Waals surface area contributed by atoms with Crippen molar-refractivity contribution >= 4 is 15.9 Å². The smallest absolute Gasteiger partial charge is 0.241 e. The van der Waals surface area contributed by atoms with Gasteiger partial charge in [0, 0.05) is 0 Å². The Labute approximate surface area is 106 Å². The van der Waals surface area contributed by atoms with E-state index >= 15 is 0 Å². The number of amides is 1. The van der Waals surface area contributed by atoms with E-state index in [-0.39, 0.29) is 4.90 Å². The van der Waals surface area contributed by atoms with Crippen molar-refractivity contribution in [1.29, 1.82) is 0 Å². The Hall–Kier alpha value is -1.40. The van der Waals surface area contributed by atoms with Crippen LogP contribution in [0.3, 0.4) is 0 Å². The van der Waals surface area contributed by atoms with Gasteiger partial charge in [-0.1, -0.05) is 6.07 Å². The summed E-state index contributed by atoms with van der Waals surface area (Å²) in [5, 5.41) is 0. The number of carbonyl (C=O) groups excluding carboxylic acids is 1. The number of primary amides is 1. The summed E-state index contributed by atoms with van der Waals surface area (Å²) in [6.07, 6.45) is 2.97. The molecule has 0 radical (unpaired) electrons. The molecule has 0 saturated heterocycles. The predicted molar refractivity (Wildman–Crippen MR) is 67.4 cm³/mol. The van der Waals surface area contributed by atoms with E-state index in [1.807, 2.05) is 6.07 Å². The van der Waals surface area contributed by atoms with Gasteiger partial charge in [0.15, 0.2) is 0 Å². The third-order valence-electron chi connectivity index (χ3n) is 3.14. The maximum absolute atomic E-state index is 12.0. The molecule has 0 heterocycles. The van der Waals surface area contributed by atoms with Crippen molar-refractivity contribution in [3.05, 3.63) is 29.3 Å². The molecule has 5 nitrogen and oxygen atoms in total. The maximum Gasteiger partial charge on any atom is 0.241 e. The molecule has 1 unspecified atom stereocenters. The van der Waals surface area contributed by atoms with E-state index < -0.39 is 22.0 Å². The average molecular weight is 268 g/mol. The van der Waals surface area contributed by atoms with Crippen molar-refractivity contribution in [1.82, 2.24) is 4.72 Å². The number of hydrogen-bond donors (Lipinski definition) is 2. The van der Waals surface area contributed by atoms with Gasteiger partial charge in [-0.15, -0.1) is 0 Å². The molecule has 1 amide bonds. The van der Waals surface area contributed by atoms with Gasteiger partial charge in [-0.05, 0) is 49.4 Å². The topological polar surface area (TPSA) is 89.3 Å². The van der Waals surface area contributed by atoms with Crippen molar-refractivity contribution in [3.8, 4) is 0 Å². The third kappa shape index (κ3) is 2.54. The molecule has 1 atom stereocenters. The van der Waals surface area contributed by atoms with Crippen molar-refractivity contribution < 1.29 is 13.2 Å². The molecule has 1 aliphatic rings. The van der Waals surface area contributed by atoms with Crippen LogP contribution < -0.4 is 10.5 Å². The highest BCUT2D eigenvalue weighted by Crippen LogP contribution is 2.24. The van der Waals surface area contributed by atoms with Crippen LogP contribution in [0.25, 0.3) is 0 Å². The lowest BCUT2D eigenvalue weighted by atomic mass is 10.1. The molecule has 1 aromatic rings. The molecule has 0 saturated carbocycles. The summed E-state index contributed by atoms with van der Waals surface area (Å²) < 4.78 is 26.3. The fraction of sp³-hybridized carbons (Fsp3) is 0.417. The van der Waals surface area contributed by atoms with Crippen LogP contribution in [0.15, 0.2) is 23.1 Å². The first-order valence-corrected chi connectivity index (χ1v) is 7.32. The molecular formula is C12H16N2O3S. The Morgan fingerprint density at radius 2 is 2.00 bits per heavy atom.